The van der Waals surface area contributed by atoms with Gasteiger partial charge in [0.2, 0.25) is 0 Å². The minimum atomic E-state index is -1.38. The highest BCUT2D eigenvalue weighted by atomic mass is 32.1. The lowest BCUT2D eigenvalue weighted by atomic mass is 9.83. The van der Waals surface area contributed by atoms with Gasteiger partial charge in [-0.05, 0) is 12.8 Å². The van der Waals surface area contributed by atoms with E-state index in [1.54, 1.807) is 19.4 Å². The van der Waals surface area contributed by atoms with Crippen molar-refractivity contribution >= 4 is 17.3 Å². The number of carboxylic acids is 1. The molecule has 1 aliphatic rings. The van der Waals surface area contributed by atoms with E-state index >= 15 is 0 Å². The number of aliphatic hydroxyl groups excluding tert-OH is 1. The van der Waals surface area contributed by atoms with Gasteiger partial charge in [0, 0.05) is 16.2 Å². The highest BCUT2D eigenvalue weighted by molar-refractivity contribution is 7.10. The van der Waals surface area contributed by atoms with E-state index < -0.39 is 17.5 Å². The average molecular weight is 241 g/mol. The number of hydrogen-bond donors (Lipinski definition) is 2. The minimum absolute atomic E-state index is 0.474. The smallest absolute Gasteiger partial charge is 0.333 e. The Morgan fingerprint density at radius 1 is 1.62 bits per heavy atom. The fourth-order valence-electron chi connectivity index (χ4n) is 1.82. The van der Waals surface area contributed by atoms with E-state index in [1.807, 2.05) is 0 Å². The monoisotopic (exact) mass is 241 g/mol. The van der Waals surface area contributed by atoms with Crippen LogP contribution in [0.1, 0.15) is 43.2 Å². The van der Waals surface area contributed by atoms with Crippen molar-refractivity contribution in [2.45, 2.75) is 44.1 Å². The third-order valence-corrected chi connectivity index (χ3v) is 4.24. The molecule has 1 unspecified atom stereocenters. The largest absolute Gasteiger partial charge is 0.479 e. The maximum absolute atomic E-state index is 10.9. The van der Waals surface area contributed by atoms with Crippen molar-refractivity contribution in [3.8, 4) is 0 Å². The summed E-state index contributed by atoms with van der Waals surface area (Å²) in [6.07, 6.45) is 0.858. The van der Waals surface area contributed by atoms with Crippen molar-refractivity contribution in [1.29, 1.82) is 0 Å². The summed E-state index contributed by atoms with van der Waals surface area (Å²) in [5.41, 5.74) is 1.94. The van der Waals surface area contributed by atoms with E-state index in [4.69, 9.17) is 5.11 Å². The summed E-state index contributed by atoms with van der Waals surface area (Å²) >= 11 is 1.44. The molecular formula is C11H15NO3S. The Morgan fingerprint density at radius 2 is 2.25 bits per heavy atom. The number of carbonyl (C=O) groups is 1. The number of nitrogens with zero attached hydrogens (tertiary/aromatic N) is 1. The van der Waals surface area contributed by atoms with Gasteiger partial charge < -0.3 is 10.2 Å². The number of carboxylic acid groups (broad SMARTS) is 1. The molecule has 2 N–H and O–H groups in total. The molecule has 0 radical (unpaired) electrons. The molecule has 0 bridgehead atoms. The molecule has 5 heteroatoms. The Hall–Kier alpha value is -0.940. The van der Waals surface area contributed by atoms with Gasteiger partial charge in [-0.1, -0.05) is 13.8 Å². The third kappa shape index (κ3) is 1.85. The molecule has 1 aromatic heterocycles. The van der Waals surface area contributed by atoms with Crippen LogP contribution in [0, 0.1) is 0 Å². The van der Waals surface area contributed by atoms with Crippen LogP contribution in [0.3, 0.4) is 0 Å². The fraction of sp³-hybridized carbons (Fsp3) is 0.636. The zero-order valence-electron chi connectivity index (χ0n) is 9.30. The number of aromatic nitrogens is 1. The normalized spacial score (nSPS) is 18.4. The number of aliphatic hydroxyl groups is 1. The fourth-order valence-corrected chi connectivity index (χ4v) is 2.84. The first-order chi connectivity index (χ1) is 7.44. The standard InChI is InChI=1S/C11H15NO3S/c1-11(2,8(13)10(14)15)9-7(6-3-4-6)12-5-16-9/h5-6,8,13H,3-4H2,1-2H3,(H,14,15). The first kappa shape index (κ1) is 11.5. The first-order valence-electron chi connectivity index (χ1n) is 5.29. The zero-order valence-corrected chi connectivity index (χ0v) is 10.1. The lowest BCUT2D eigenvalue weighted by Crippen LogP contribution is -2.39. The Labute approximate surface area is 98.0 Å². The predicted octanol–water partition coefficient (Wildman–Crippen LogP) is 1.74. The minimum Gasteiger partial charge on any atom is -0.479 e. The van der Waals surface area contributed by atoms with Crippen LogP contribution in [0.25, 0.3) is 0 Å². The summed E-state index contributed by atoms with van der Waals surface area (Å²) in [6, 6.07) is 0. The topological polar surface area (TPSA) is 70.4 Å². The van der Waals surface area contributed by atoms with Crippen LogP contribution >= 0.6 is 11.3 Å². The van der Waals surface area contributed by atoms with E-state index in [0.717, 1.165) is 23.4 Å². The summed E-state index contributed by atoms with van der Waals surface area (Å²) in [7, 11) is 0. The van der Waals surface area contributed by atoms with E-state index in [9.17, 15) is 9.90 Å². The Morgan fingerprint density at radius 3 is 2.75 bits per heavy atom. The summed E-state index contributed by atoms with van der Waals surface area (Å²) in [4.78, 5) is 16.1. The summed E-state index contributed by atoms with van der Waals surface area (Å²) in [5.74, 6) is -0.707. The highest BCUT2D eigenvalue weighted by Crippen LogP contribution is 2.45. The van der Waals surface area contributed by atoms with Gasteiger partial charge in [0.15, 0.2) is 6.10 Å². The molecule has 1 heterocycles. The van der Waals surface area contributed by atoms with Gasteiger partial charge in [0.05, 0.1) is 11.2 Å². The van der Waals surface area contributed by atoms with Crippen LogP contribution < -0.4 is 0 Å². The maximum Gasteiger partial charge on any atom is 0.333 e. The van der Waals surface area contributed by atoms with Gasteiger partial charge in [-0.2, -0.15) is 0 Å². The summed E-state index contributed by atoms with van der Waals surface area (Å²) in [6.45, 7) is 3.51. The van der Waals surface area contributed by atoms with Crippen molar-refractivity contribution in [3.05, 3.63) is 16.1 Å². The molecule has 1 saturated carbocycles. The van der Waals surface area contributed by atoms with Gasteiger partial charge in [0.25, 0.3) is 0 Å². The number of aliphatic carboxylic acids is 1. The molecule has 1 atom stereocenters. The molecule has 0 spiro atoms. The van der Waals surface area contributed by atoms with Gasteiger partial charge in [-0.15, -0.1) is 11.3 Å². The van der Waals surface area contributed by atoms with E-state index in [-0.39, 0.29) is 0 Å². The van der Waals surface area contributed by atoms with Crippen LogP contribution in [0.4, 0.5) is 0 Å². The summed E-state index contributed by atoms with van der Waals surface area (Å²) < 4.78 is 0. The highest BCUT2D eigenvalue weighted by Gasteiger charge is 2.41. The third-order valence-electron chi connectivity index (χ3n) is 3.06. The van der Waals surface area contributed by atoms with Crippen LogP contribution in [0.2, 0.25) is 0 Å². The summed E-state index contributed by atoms with van der Waals surface area (Å²) in [5, 5.41) is 18.6. The molecule has 88 valence electrons. The van der Waals surface area contributed by atoms with Gasteiger partial charge in [-0.3, -0.25) is 0 Å². The van der Waals surface area contributed by atoms with Crippen molar-refractivity contribution in [2.75, 3.05) is 0 Å². The second-order valence-corrected chi connectivity index (χ2v) is 5.66. The van der Waals surface area contributed by atoms with Crippen LogP contribution in [0.5, 0.6) is 0 Å². The maximum atomic E-state index is 10.9. The Bertz CT molecular complexity index is 409. The molecule has 1 fully saturated rings. The molecule has 0 aromatic carbocycles. The predicted molar refractivity (Wildman–Crippen MR) is 60.8 cm³/mol. The van der Waals surface area contributed by atoms with Gasteiger partial charge in [0.1, 0.15) is 0 Å². The zero-order chi connectivity index (χ0) is 11.9. The number of rotatable bonds is 4. The lowest BCUT2D eigenvalue weighted by Gasteiger charge is -2.27. The second-order valence-electron chi connectivity index (χ2n) is 4.80. The molecular weight excluding hydrogens is 226 g/mol. The van der Waals surface area contributed by atoms with Crippen molar-refractivity contribution < 1.29 is 15.0 Å². The molecule has 1 aromatic rings. The molecule has 0 aliphatic heterocycles. The number of thiazole rings is 1. The van der Waals surface area contributed by atoms with Crippen LogP contribution in [-0.2, 0) is 10.2 Å². The molecule has 2 rings (SSSR count). The van der Waals surface area contributed by atoms with Crippen molar-refractivity contribution in [1.82, 2.24) is 4.98 Å². The van der Waals surface area contributed by atoms with Gasteiger partial charge in [-0.25, -0.2) is 9.78 Å². The quantitative estimate of drug-likeness (QED) is 0.842. The molecule has 1 aliphatic carbocycles. The first-order valence-corrected chi connectivity index (χ1v) is 6.17. The van der Waals surface area contributed by atoms with Crippen molar-refractivity contribution in [2.24, 2.45) is 0 Å². The van der Waals surface area contributed by atoms with E-state index in [1.165, 1.54) is 11.3 Å². The lowest BCUT2D eigenvalue weighted by molar-refractivity contribution is -0.150. The average Bonchev–Trinajstić information content (AvgIpc) is 2.94. The van der Waals surface area contributed by atoms with Crippen LogP contribution in [-0.4, -0.2) is 27.3 Å². The van der Waals surface area contributed by atoms with Crippen LogP contribution in [0.15, 0.2) is 5.51 Å². The van der Waals surface area contributed by atoms with E-state index in [2.05, 4.69) is 4.98 Å². The van der Waals surface area contributed by atoms with Crippen molar-refractivity contribution in [3.63, 3.8) is 0 Å². The molecule has 16 heavy (non-hydrogen) atoms. The Balaban J connectivity index is 2.34. The SMILES string of the molecule is CC(C)(c1scnc1C1CC1)C(O)C(=O)O. The molecule has 4 nitrogen and oxygen atoms in total. The number of hydrogen-bond acceptors (Lipinski definition) is 4. The molecule has 0 saturated heterocycles. The second kappa shape index (κ2) is 3.82. The van der Waals surface area contributed by atoms with E-state index in [0.29, 0.717) is 5.92 Å². The Kier molecular flexibility index (Phi) is 2.75. The molecule has 0 amide bonds. The van der Waals surface area contributed by atoms with Gasteiger partial charge >= 0.3 is 5.97 Å².